The van der Waals surface area contributed by atoms with Crippen molar-refractivity contribution in [2.75, 3.05) is 7.11 Å². The number of rotatable bonds is 1. The van der Waals surface area contributed by atoms with Crippen LogP contribution in [0, 0.1) is 0 Å². The summed E-state index contributed by atoms with van der Waals surface area (Å²) in [5.41, 5.74) is 0.435. The first kappa shape index (κ1) is 15.6. The Hall–Kier alpha value is 0.0864. The van der Waals surface area contributed by atoms with Crippen LogP contribution in [0.15, 0.2) is 24.3 Å². The van der Waals surface area contributed by atoms with Gasteiger partial charge in [-0.3, -0.25) is 0 Å². The van der Waals surface area contributed by atoms with E-state index in [1.54, 1.807) is 0 Å². The van der Waals surface area contributed by atoms with Gasteiger partial charge in [-0.2, -0.15) is 0 Å². The van der Waals surface area contributed by atoms with E-state index in [9.17, 15) is 4.79 Å². The first-order valence-corrected chi connectivity index (χ1v) is 3.11. The van der Waals surface area contributed by atoms with Crippen molar-refractivity contribution in [3.8, 4) is 5.75 Å². The Kier molecular flexibility index (Phi) is 8.96. The predicted octanol–water partition coefficient (Wildman–Crippen LogP) is -1.99. The second-order valence-electron chi connectivity index (χ2n) is 2.04. The van der Waals surface area contributed by atoms with E-state index >= 15 is 0 Å². The minimum Gasteiger partial charge on any atom is -0.870 e. The average Bonchev–Trinajstić information content (AvgIpc) is 2.05. The van der Waals surface area contributed by atoms with Gasteiger partial charge in [-0.1, -0.05) is 0 Å². The maximum Gasteiger partial charge on any atom is 1.00 e. The summed E-state index contributed by atoms with van der Waals surface area (Å²) in [5, 5.41) is 8.86. The smallest absolute Gasteiger partial charge is 0.870 e. The molecule has 0 fully saturated rings. The summed E-state index contributed by atoms with van der Waals surface area (Å²) < 4.78 is 4.46. The van der Waals surface area contributed by atoms with Gasteiger partial charge in [-0.25, -0.2) is 4.79 Å². The zero-order valence-corrected chi connectivity index (χ0v) is 10.6. The number of ether oxygens (including phenoxy) is 1. The van der Waals surface area contributed by atoms with Gasteiger partial charge in [0, 0.05) is 0 Å². The number of phenols is 1. The zero-order chi connectivity index (χ0) is 8.27. The van der Waals surface area contributed by atoms with Gasteiger partial charge in [-0.15, -0.1) is 0 Å². The molecule has 0 amide bonds. The van der Waals surface area contributed by atoms with Gasteiger partial charge in [0.2, 0.25) is 0 Å². The molecule has 1 aromatic carbocycles. The largest absolute Gasteiger partial charge is 1.00 e. The molecule has 0 saturated carbocycles. The number of hydrogen-bond donors (Lipinski definition) is 1. The van der Waals surface area contributed by atoms with Crippen LogP contribution in [0.1, 0.15) is 10.4 Å². The van der Waals surface area contributed by atoms with E-state index in [-0.39, 0.29) is 62.6 Å². The molecule has 0 aliphatic rings. The maximum atomic E-state index is 10.8. The number of aromatic hydroxyl groups is 1. The van der Waals surface area contributed by atoms with Crippen LogP contribution in [0.4, 0.5) is 0 Å². The third kappa shape index (κ3) is 4.75. The van der Waals surface area contributed by atoms with Gasteiger partial charge < -0.3 is 15.3 Å². The van der Waals surface area contributed by atoms with Crippen LogP contribution in [-0.4, -0.2) is 23.7 Å². The second kappa shape index (κ2) is 7.49. The van der Waals surface area contributed by atoms with Crippen LogP contribution in [0.2, 0.25) is 0 Å². The Bertz CT molecular complexity index is 257. The Balaban J connectivity index is 0. The van der Waals surface area contributed by atoms with Gasteiger partial charge in [0.1, 0.15) is 5.75 Å². The number of carbonyl (C=O) groups excluding carboxylic acids is 1. The summed E-state index contributed by atoms with van der Waals surface area (Å²) in [7, 11) is 1.31. The van der Waals surface area contributed by atoms with E-state index in [4.69, 9.17) is 5.11 Å². The minimum atomic E-state index is -0.398. The molecule has 13 heavy (non-hydrogen) atoms. The fourth-order valence-electron chi connectivity index (χ4n) is 0.715. The van der Waals surface area contributed by atoms with Crippen molar-refractivity contribution in [1.82, 2.24) is 0 Å². The molecular weight excluding hydrogens is 199 g/mol. The molecule has 5 heteroatoms. The molecular formula is C8H9KO4. The molecule has 66 valence electrons. The molecule has 0 spiro atoms. The standard InChI is InChI=1S/C8H8O3.K.H2O/c1-11-8(10)6-2-4-7(9)5-3-6;;/h2-5,9H,1H3;;1H2/q;+1;/p-1. The van der Waals surface area contributed by atoms with Crippen molar-refractivity contribution in [3.05, 3.63) is 29.8 Å². The van der Waals surface area contributed by atoms with Gasteiger partial charge >= 0.3 is 57.4 Å². The summed E-state index contributed by atoms with van der Waals surface area (Å²) in [6.07, 6.45) is 0. The van der Waals surface area contributed by atoms with Gasteiger partial charge in [0.05, 0.1) is 12.7 Å². The van der Waals surface area contributed by atoms with E-state index < -0.39 is 5.97 Å². The Morgan fingerprint density at radius 2 is 1.77 bits per heavy atom. The van der Waals surface area contributed by atoms with Crippen LogP contribution in [0.5, 0.6) is 5.75 Å². The van der Waals surface area contributed by atoms with E-state index in [1.807, 2.05) is 0 Å². The molecule has 0 saturated heterocycles. The summed E-state index contributed by atoms with van der Waals surface area (Å²) in [6.45, 7) is 0. The average molecular weight is 208 g/mol. The monoisotopic (exact) mass is 208 g/mol. The van der Waals surface area contributed by atoms with E-state index in [0.29, 0.717) is 5.56 Å². The quantitative estimate of drug-likeness (QED) is 0.428. The van der Waals surface area contributed by atoms with E-state index in [1.165, 1.54) is 31.4 Å². The number of carbonyl (C=O) groups is 1. The van der Waals surface area contributed by atoms with E-state index in [0.717, 1.165) is 0 Å². The molecule has 0 heterocycles. The fraction of sp³-hybridized carbons (Fsp3) is 0.125. The minimum absolute atomic E-state index is 0. The number of hydrogen-bond acceptors (Lipinski definition) is 4. The Labute approximate surface area is 119 Å². The number of benzene rings is 1. The van der Waals surface area contributed by atoms with Crippen LogP contribution in [-0.2, 0) is 4.74 Å². The van der Waals surface area contributed by atoms with Crippen molar-refractivity contribution in [2.24, 2.45) is 0 Å². The Morgan fingerprint density at radius 3 is 2.15 bits per heavy atom. The summed E-state index contributed by atoms with van der Waals surface area (Å²) in [5.74, 6) is -0.261. The molecule has 0 atom stereocenters. The summed E-state index contributed by atoms with van der Waals surface area (Å²) >= 11 is 0. The van der Waals surface area contributed by atoms with Gasteiger partial charge in [0.25, 0.3) is 0 Å². The topological polar surface area (TPSA) is 76.5 Å². The first-order valence-electron chi connectivity index (χ1n) is 3.11. The van der Waals surface area contributed by atoms with E-state index in [2.05, 4.69) is 4.74 Å². The van der Waals surface area contributed by atoms with Gasteiger partial charge in [-0.05, 0) is 24.3 Å². The fourth-order valence-corrected chi connectivity index (χ4v) is 0.715. The molecule has 0 radical (unpaired) electrons. The third-order valence-electron chi connectivity index (χ3n) is 1.29. The molecule has 0 aliphatic heterocycles. The number of esters is 1. The summed E-state index contributed by atoms with van der Waals surface area (Å²) in [6, 6.07) is 5.88. The number of methoxy groups -OCH3 is 1. The first-order chi connectivity index (χ1) is 5.24. The van der Waals surface area contributed by atoms with Crippen molar-refractivity contribution in [3.63, 3.8) is 0 Å². The molecule has 0 unspecified atom stereocenters. The normalized spacial score (nSPS) is 7.77. The second-order valence-corrected chi connectivity index (χ2v) is 2.04. The SMILES string of the molecule is COC(=O)c1ccc(O)cc1.[K+].[OH-]. The van der Waals surface area contributed by atoms with Crippen LogP contribution >= 0.6 is 0 Å². The molecule has 1 aromatic rings. The molecule has 2 N–H and O–H groups in total. The molecule has 0 bridgehead atoms. The predicted molar refractivity (Wildman–Crippen MR) is 41.4 cm³/mol. The van der Waals surface area contributed by atoms with Crippen LogP contribution in [0.3, 0.4) is 0 Å². The Morgan fingerprint density at radius 1 is 1.31 bits per heavy atom. The molecule has 1 rings (SSSR count). The van der Waals surface area contributed by atoms with Crippen molar-refractivity contribution >= 4 is 5.97 Å². The van der Waals surface area contributed by atoms with Crippen LogP contribution < -0.4 is 51.4 Å². The third-order valence-corrected chi connectivity index (χ3v) is 1.29. The van der Waals surface area contributed by atoms with Crippen molar-refractivity contribution in [1.29, 1.82) is 0 Å². The van der Waals surface area contributed by atoms with Crippen molar-refractivity contribution < 1.29 is 71.5 Å². The van der Waals surface area contributed by atoms with Crippen LogP contribution in [0.25, 0.3) is 0 Å². The summed E-state index contributed by atoms with van der Waals surface area (Å²) in [4.78, 5) is 10.8. The van der Waals surface area contributed by atoms with Crippen molar-refractivity contribution in [2.45, 2.75) is 0 Å². The molecule has 0 aromatic heterocycles. The molecule has 4 nitrogen and oxygen atoms in total. The van der Waals surface area contributed by atoms with Gasteiger partial charge in [0.15, 0.2) is 0 Å². The number of phenolic OH excluding ortho intramolecular Hbond substituents is 1. The maximum absolute atomic E-state index is 10.8. The molecule has 0 aliphatic carbocycles. The zero-order valence-electron chi connectivity index (χ0n) is 7.52.